The second kappa shape index (κ2) is 7.75. The van der Waals surface area contributed by atoms with Gasteiger partial charge in [0.2, 0.25) is 0 Å². The van der Waals surface area contributed by atoms with Crippen LogP contribution in [0.3, 0.4) is 0 Å². The van der Waals surface area contributed by atoms with E-state index in [0.717, 1.165) is 23.4 Å². The number of rotatable bonds is 6. The van der Waals surface area contributed by atoms with E-state index in [4.69, 9.17) is 9.15 Å². The summed E-state index contributed by atoms with van der Waals surface area (Å²) in [5.41, 5.74) is 3.12. The van der Waals surface area contributed by atoms with Gasteiger partial charge in [-0.3, -0.25) is 4.79 Å². The Balaban J connectivity index is 2.40. The smallest absolute Gasteiger partial charge is 0.196 e. The first-order valence-electron chi connectivity index (χ1n) is 9.07. The van der Waals surface area contributed by atoms with Gasteiger partial charge >= 0.3 is 0 Å². The molecule has 0 aliphatic rings. The summed E-state index contributed by atoms with van der Waals surface area (Å²) < 4.78 is 11.9. The molecule has 26 heavy (non-hydrogen) atoms. The first-order valence-corrected chi connectivity index (χ1v) is 9.07. The van der Waals surface area contributed by atoms with Crippen LogP contribution in [0.2, 0.25) is 0 Å². The fourth-order valence-corrected chi connectivity index (χ4v) is 3.44. The van der Waals surface area contributed by atoms with E-state index in [1.807, 2.05) is 43.3 Å². The molecule has 1 aromatic heterocycles. The molecule has 0 aliphatic heterocycles. The molecule has 3 aromatic rings. The third kappa shape index (κ3) is 3.13. The van der Waals surface area contributed by atoms with Gasteiger partial charge in [0.25, 0.3) is 0 Å². The number of benzene rings is 2. The zero-order chi connectivity index (χ0) is 18.7. The van der Waals surface area contributed by atoms with Crippen molar-refractivity contribution < 1.29 is 9.15 Å². The molecule has 0 amide bonds. The molecule has 2 aromatic carbocycles. The van der Waals surface area contributed by atoms with Crippen LogP contribution in [0.15, 0.2) is 51.7 Å². The van der Waals surface area contributed by atoms with E-state index in [1.54, 1.807) is 13.2 Å². The molecule has 0 fully saturated rings. The van der Waals surface area contributed by atoms with Gasteiger partial charge in [-0.25, -0.2) is 0 Å². The minimum atomic E-state index is -0.00194. The highest BCUT2D eigenvalue weighted by molar-refractivity contribution is 5.85. The van der Waals surface area contributed by atoms with E-state index in [-0.39, 0.29) is 11.5 Å². The highest BCUT2D eigenvalue weighted by Crippen LogP contribution is 2.35. The molecule has 0 bridgehead atoms. The van der Waals surface area contributed by atoms with Gasteiger partial charge in [-0.15, -0.1) is 0 Å². The van der Waals surface area contributed by atoms with Crippen LogP contribution in [0.1, 0.15) is 37.9 Å². The summed E-state index contributed by atoms with van der Waals surface area (Å²) in [7, 11) is 1.64. The zero-order valence-corrected chi connectivity index (χ0v) is 15.8. The van der Waals surface area contributed by atoms with Gasteiger partial charge in [-0.2, -0.15) is 0 Å². The summed E-state index contributed by atoms with van der Waals surface area (Å²) in [6, 6.07) is 13.4. The van der Waals surface area contributed by atoms with E-state index in [1.165, 1.54) is 0 Å². The third-order valence-electron chi connectivity index (χ3n) is 4.71. The molecule has 0 saturated carbocycles. The van der Waals surface area contributed by atoms with Crippen LogP contribution in [0, 0.1) is 0 Å². The van der Waals surface area contributed by atoms with E-state index < -0.39 is 0 Å². The van der Waals surface area contributed by atoms with Gasteiger partial charge in [0.1, 0.15) is 17.1 Å². The number of fused-ring (bicyclic) bond motifs is 1. The summed E-state index contributed by atoms with van der Waals surface area (Å²) in [5.74, 6) is 1.36. The van der Waals surface area contributed by atoms with Gasteiger partial charge in [-0.1, -0.05) is 44.2 Å². The van der Waals surface area contributed by atoms with Crippen LogP contribution in [0.4, 0.5) is 0 Å². The highest BCUT2D eigenvalue weighted by Gasteiger charge is 2.22. The lowest BCUT2D eigenvalue weighted by Crippen LogP contribution is -2.20. The molecule has 0 aliphatic carbocycles. The Hall–Kier alpha value is -2.59. The highest BCUT2D eigenvalue weighted by atomic mass is 16.5. The van der Waals surface area contributed by atoms with E-state index in [0.29, 0.717) is 28.7 Å². The summed E-state index contributed by atoms with van der Waals surface area (Å²) in [5, 5.41) is 3.99. The van der Waals surface area contributed by atoms with Crippen LogP contribution in [0.5, 0.6) is 5.75 Å². The predicted octanol–water partition coefficient (Wildman–Crippen LogP) is 4.70. The maximum absolute atomic E-state index is 13.2. The summed E-state index contributed by atoms with van der Waals surface area (Å²) in [6.07, 6.45) is 0.618. The third-order valence-corrected chi connectivity index (χ3v) is 4.71. The molecule has 0 radical (unpaired) electrons. The standard InChI is InChI=1S/C22H25NO3/c1-5-16-20(24)17-12-13-18(25-4)19(14(3)23-6-2)22(17)26-21(16)15-10-8-7-9-11-15/h7-14,23H,5-6H2,1-4H3. The second-order valence-electron chi connectivity index (χ2n) is 6.30. The molecule has 0 saturated heterocycles. The Morgan fingerprint density at radius 3 is 2.46 bits per heavy atom. The van der Waals surface area contributed by atoms with E-state index >= 15 is 0 Å². The molecule has 0 spiro atoms. The van der Waals surface area contributed by atoms with Crippen molar-refractivity contribution in [3.8, 4) is 17.1 Å². The van der Waals surface area contributed by atoms with Crippen molar-refractivity contribution in [2.75, 3.05) is 13.7 Å². The van der Waals surface area contributed by atoms with Gasteiger partial charge < -0.3 is 14.5 Å². The second-order valence-corrected chi connectivity index (χ2v) is 6.30. The molecular weight excluding hydrogens is 326 g/mol. The van der Waals surface area contributed by atoms with Crippen LogP contribution >= 0.6 is 0 Å². The fraction of sp³-hybridized carbons (Fsp3) is 0.318. The normalized spacial score (nSPS) is 12.3. The molecule has 3 rings (SSSR count). The first-order chi connectivity index (χ1) is 12.6. The summed E-state index contributed by atoms with van der Waals surface area (Å²) in [4.78, 5) is 13.2. The van der Waals surface area contributed by atoms with Crippen molar-refractivity contribution in [3.63, 3.8) is 0 Å². The lowest BCUT2D eigenvalue weighted by Gasteiger charge is -2.19. The quantitative estimate of drug-likeness (QED) is 0.699. The SMILES string of the molecule is CCNC(C)c1c(OC)ccc2c(=O)c(CC)c(-c3ccccc3)oc12. The van der Waals surface area contributed by atoms with Gasteiger partial charge in [0.15, 0.2) is 5.43 Å². The average Bonchev–Trinajstić information content (AvgIpc) is 2.67. The Bertz CT molecular complexity index is 961. The monoisotopic (exact) mass is 351 g/mol. The minimum Gasteiger partial charge on any atom is -0.496 e. The zero-order valence-electron chi connectivity index (χ0n) is 15.8. The minimum absolute atomic E-state index is 0.00194. The van der Waals surface area contributed by atoms with Crippen molar-refractivity contribution in [1.82, 2.24) is 5.32 Å². The molecule has 4 heteroatoms. The van der Waals surface area contributed by atoms with E-state index in [2.05, 4.69) is 19.2 Å². The Labute approximate surface area is 153 Å². The Kier molecular flexibility index (Phi) is 5.43. The molecular formula is C22H25NO3. The van der Waals surface area contributed by atoms with Crippen LogP contribution < -0.4 is 15.5 Å². The van der Waals surface area contributed by atoms with Crippen molar-refractivity contribution in [2.45, 2.75) is 33.2 Å². The number of hydrogen-bond donors (Lipinski definition) is 1. The van der Waals surface area contributed by atoms with Crippen molar-refractivity contribution in [2.24, 2.45) is 0 Å². The predicted molar refractivity (Wildman–Crippen MR) is 106 cm³/mol. The summed E-state index contributed by atoms with van der Waals surface area (Å²) >= 11 is 0. The van der Waals surface area contributed by atoms with Crippen LogP contribution in [-0.4, -0.2) is 13.7 Å². The van der Waals surface area contributed by atoms with Crippen molar-refractivity contribution >= 4 is 11.0 Å². The molecule has 4 nitrogen and oxygen atoms in total. The maximum atomic E-state index is 13.2. The lowest BCUT2D eigenvalue weighted by molar-refractivity contribution is 0.401. The van der Waals surface area contributed by atoms with Gasteiger partial charge in [-0.05, 0) is 32.0 Å². The topological polar surface area (TPSA) is 51.5 Å². The van der Waals surface area contributed by atoms with E-state index in [9.17, 15) is 4.79 Å². The molecule has 1 atom stereocenters. The molecule has 1 N–H and O–H groups in total. The average molecular weight is 351 g/mol. The molecule has 1 heterocycles. The number of methoxy groups -OCH3 is 1. The largest absolute Gasteiger partial charge is 0.496 e. The van der Waals surface area contributed by atoms with Crippen molar-refractivity contribution in [1.29, 1.82) is 0 Å². The Morgan fingerprint density at radius 2 is 1.85 bits per heavy atom. The lowest BCUT2D eigenvalue weighted by atomic mass is 9.99. The Morgan fingerprint density at radius 1 is 1.12 bits per heavy atom. The number of hydrogen-bond acceptors (Lipinski definition) is 4. The maximum Gasteiger partial charge on any atom is 0.196 e. The van der Waals surface area contributed by atoms with Crippen LogP contribution in [0.25, 0.3) is 22.3 Å². The fourth-order valence-electron chi connectivity index (χ4n) is 3.44. The number of nitrogens with one attached hydrogen (secondary N) is 1. The van der Waals surface area contributed by atoms with Crippen LogP contribution in [-0.2, 0) is 6.42 Å². The number of ether oxygens (including phenoxy) is 1. The van der Waals surface area contributed by atoms with Gasteiger partial charge in [0.05, 0.1) is 18.1 Å². The molecule has 1 unspecified atom stereocenters. The summed E-state index contributed by atoms with van der Waals surface area (Å²) in [6.45, 7) is 6.89. The first kappa shape index (κ1) is 18.2. The molecule has 136 valence electrons. The van der Waals surface area contributed by atoms with Gasteiger partial charge in [0, 0.05) is 17.2 Å². The van der Waals surface area contributed by atoms with Crippen molar-refractivity contribution in [3.05, 3.63) is 63.8 Å².